The third kappa shape index (κ3) is 13.5. The molecule has 135 valence electrons. The molecule has 0 spiro atoms. The van der Waals surface area contributed by atoms with Crippen LogP contribution in [-0.4, -0.2) is 9.52 Å². The Balaban J connectivity index is -0.000000121. The van der Waals surface area contributed by atoms with Gasteiger partial charge in [0.2, 0.25) is 0 Å². The third-order valence-electron chi connectivity index (χ3n) is 4.11. The van der Waals surface area contributed by atoms with Crippen LogP contribution >= 0.6 is 0 Å². The number of hydrogen-bond donors (Lipinski definition) is 0. The molecule has 0 nitrogen and oxygen atoms in total. The van der Waals surface area contributed by atoms with Crippen molar-refractivity contribution in [2.24, 2.45) is 0 Å². The molecule has 0 saturated carbocycles. The molecule has 0 unspecified atom stereocenters. The summed E-state index contributed by atoms with van der Waals surface area (Å²) in [6.07, 6.45) is 0. The van der Waals surface area contributed by atoms with E-state index in [1.165, 1.54) is 45.5 Å². The van der Waals surface area contributed by atoms with Gasteiger partial charge in [0.15, 0.2) is 0 Å². The normalized spacial score (nSPS) is 8.33. The van der Waals surface area contributed by atoms with Crippen LogP contribution in [0.2, 0.25) is 12.1 Å². The van der Waals surface area contributed by atoms with Crippen molar-refractivity contribution in [1.29, 1.82) is 0 Å². The molecule has 0 heterocycles. The summed E-state index contributed by atoms with van der Waals surface area (Å²) in [4.78, 5) is 0. The average Bonchev–Trinajstić information content (AvgIpc) is 2.92. The first-order valence-electron chi connectivity index (χ1n) is 8.05. The Hall–Kier alpha value is 1.26. The smallest absolute Gasteiger partial charge is 1.00 e. The predicted octanol–water partition coefficient (Wildman–Crippen LogP) is -0.0337. The summed E-state index contributed by atoms with van der Waals surface area (Å²) < 4.78 is 0. The van der Waals surface area contributed by atoms with Gasteiger partial charge in [0.25, 0.3) is 0 Å². The fourth-order valence-corrected chi connectivity index (χ4v) is 2.49. The van der Waals surface area contributed by atoms with E-state index in [9.17, 15) is 0 Å². The molecule has 0 aromatic heterocycles. The molecule has 0 fully saturated rings. The fraction of sp³-hybridized carbons (Fsp3) is 0.500. The summed E-state index contributed by atoms with van der Waals surface area (Å²) in [5, 5.41) is 0. The first-order valence-corrected chi connectivity index (χ1v) is 9.69. The Morgan fingerprint density at radius 1 is 0.750 bits per heavy atom. The summed E-state index contributed by atoms with van der Waals surface area (Å²) in [6, 6.07) is 11.5. The topological polar surface area (TPSA) is 0 Å². The van der Waals surface area contributed by atoms with Crippen molar-refractivity contribution in [3.63, 3.8) is 0 Å². The molecule has 2 aromatic carbocycles. The van der Waals surface area contributed by atoms with Crippen molar-refractivity contribution in [2.75, 3.05) is 0 Å². The van der Waals surface area contributed by atoms with Gasteiger partial charge in [-0.25, -0.2) is 12.1 Å². The van der Waals surface area contributed by atoms with E-state index < -0.39 is 0 Å². The summed E-state index contributed by atoms with van der Waals surface area (Å²) >= 11 is 0. The van der Waals surface area contributed by atoms with E-state index in [1.807, 2.05) is 0 Å². The molecule has 4 heteroatoms. The minimum atomic E-state index is 0. The van der Waals surface area contributed by atoms with Crippen LogP contribution in [0.5, 0.6) is 0 Å². The second-order valence-corrected chi connectivity index (χ2v) is 7.96. The molecule has 0 N–H and O–H groups in total. The van der Waals surface area contributed by atoms with E-state index in [0.717, 1.165) is 9.52 Å². The number of hydrogen-bond acceptors (Lipinski definition) is 0. The van der Waals surface area contributed by atoms with Crippen molar-refractivity contribution in [1.82, 2.24) is 0 Å². The van der Waals surface area contributed by atoms with Crippen molar-refractivity contribution >= 4 is 9.52 Å². The first-order chi connectivity index (χ1) is 9.84. The van der Waals surface area contributed by atoms with Crippen LogP contribution in [0.25, 0.3) is 0 Å². The number of rotatable bonds is 2. The zero-order valence-corrected chi connectivity index (χ0v) is 24.5. The molecule has 0 saturated heterocycles. The Kier molecular flexibility index (Phi) is 26.1. The molecule has 0 atom stereocenters. The number of halogens is 2. The van der Waals surface area contributed by atoms with Crippen LogP contribution in [0, 0.1) is 41.5 Å². The van der Waals surface area contributed by atoms with Gasteiger partial charge in [-0.15, -0.1) is 0 Å². The zero-order valence-electron chi connectivity index (χ0n) is 16.6. The van der Waals surface area contributed by atoms with Crippen molar-refractivity contribution in [2.45, 2.75) is 67.5 Å². The Morgan fingerprint density at radius 3 is 1.08 bits per heavy atom. The van der Waals surface area contributed by atoms with Crippen LogP contribution in [0.1, 0.15) is 47.2 Å². The van der Waals surface area contributed by atoms with Gasteiger partial charge in [0, 0.05) is 9.52 Å². The second kappa shape index (κ2) is 19.0. The van der Waals surface area contributed by atoms with E-state index in [0.29, 0.717) is 0 Å². The molecule has 24 heavy (non-hydrogen) atoms. The van der Waals surface area contributed by atoms with E-state index in [1.54, 1.807) is 0 Å². The molecule has 0 aliphatic carbocycles. The van der Waals surface area contributed by atoms with Gasteiger partial charge in [-0.1, -0.05) is 67.5 Å². The summed E-state index contributed by atoms with van der Waals surface area (Å²) in [6.45, 7) is 17.4. The van der Waals surface area contributed by atoms with Crippen LogP contribution in [0.4, 0.5) is 0 Å². The van der Waals surface area contributed by atoms with Crippen LogP contribution < -0.4 is 48.0 Å². The summed E-state index contributed by atoms with van der Waals surface area (Å²) in [5.74, 6) is 0. The van der Waals surface area contributed by atoms with E-state index >= 15 is 0 Å². The van der Waals surface area contributed by atoms with Gasteiger partial charge >= 0.3 is 26.2 Å². The molecule has 0 amide bonds. The number of aryl methyl sites for hydroxylation is 4. The standard InChI is InChI=1S/2C8H11.C4H11Si.2HI.Zr/c2*1-6-4-5-7(2)8(6)3;1-3-5-4-2;;;/h2*4-5H,1-3H3;5H,3-4H2,1-2H3;2*1H;/q2*-1;;;;+4/p-2. The minimum absolute atomic E-state index is 0. The molecule has 2 aromatic rings. The maximum atomic E-state index is 2.25. The molecule has 1 radical (unpaired) electrons. The van der Waals surface area contributed by atoms with Crippen LogP contribution in [-0.2, 0) is 26.2 Å². The summed E-state index contributed by atoms with van der Waals surface area (Å²) in [5.41, 5.74) is 8.49. The first kappa shape index (κ1) is 32.9. The predicted molar refractivity (Wildman–Crippen MR) is 101 cm³/mol. The monoisotopic (exact) mass is 645 g/mol. The Bertz CT molecular complexity index is 430. The molecule has 0 bridgehead atoms. The van der Waals surface area contributed by atoms with E-state index in [4.69, 9.17) is 0 Å². The molecule has 2 rings (SSSR count). The van der Waals surface area contributed by atoms with Crippen molar-refractivity contribution in [3.8, 4) is 0 Å². The fourth-order valence-electron chi connectivity index (χ4n) is 1.91. The third-order valence-corrected chi connectivity index (χ3v) is 5.26. The van der Waals surface area contributed by atoms with E-state index in [-0.39, 0.29) is 74.2 Å². The van der Waals surface area contributed by atoms with Gasteiger partial charge in [-0.2, -0.15) is 45.5 Å². The van der Waals surface area contributed by atoms with Gasteiger partial charge < -0.3 is 48.0 Å². The largest absolute Gasteiger partial charge is 4.00 e. The Morgan fingerprint density at radius 2 is 1.04 bits per heavy atom. The Labute approximate surface area is 206 Å². The molecule has 0 aliphatic heterocycles. The average molecular weight is 647 g/mol. The summed E-state index contributed by atoms with van der Waals surface area (Å²) in [7, 11) is 0.815. The molecular weight excluding hydrogens is 613 g/mol. The molecular formula is C20H33I2SiZr. The van der Waals surface area contributed by atoms with Gasteiger partial charge in [0.1, 0.15) is 0 Å². The van der Waals surface area contributed by atoms with Crippen molar-refractivity contribution < 1.29 is 74.2 Å². The van der Waals surface area contributed by atoms with Crippen LogP contribution in [0.3, 0.4) is 0 Å². The van der Waals surface area contributed by atoms with Gasteiger partial charge in [-0.3, -0.25) is 0 Å². The maximum Gasteiger partial charge on any atom is 4.00 e. The SMILES string of the molecule is CC[SiH]CC.Cc1cc[c-](C)c1C.Cc1cc[c-](C)c1C.[I-].[I-].[Zr+4]. The van der Waals surface area contributed by atoms with Gasteiger partial charge in [0.05, 0.1) is 0 Å². The second-order valence-electron chi connectivity index (χ2n) is 5.75. The zero-order chi connectivity index (χ0) is 16.4. The molecule has 0 aliphatic rings. The van der Waals surface area contributed by atoms with Gasteiger partial charge in [-0.05, 0) is 0 Å². The maximum absolute atomic E-state index is 2.25. The van der Waals surface area contributed by atoms with E-state index in [2.05, 4.69) is 79.7 Å². The van der Waals surface area contributed by atoms with Crippen LogP contribution in [0.15, 0.2) is 24.3 Å². The quantitative estimate of drug-likeness (QED) is 0.245. The minimum Gasteiger partial charge on any atom is -1.00 e. The van der Waals surface area contributed by atoms with Crippen molar-refractivity contribution in [3.05, 3.63) is 57.6 Å².